The highest BCUT2D eigenvalue weighted by molar-refractivity contribution is 5.95. The summed E-state index contributed by atoms with van der Waals surface area (Å²) in [6.07, 6.45) is 0.721. The molecule has 1 aromatic carbocycles. The number of ether oxygens (including phenoxy) is 1. The number of fused-ring (bicyclic) bond motifs is 1. The van der Waals surface area contributed by atoms with Gasteiger partial charge in [-0.15, -0.1) is 0 Å². The van der Waals surface area contributed by atoms with Crippen molar-refractivity contribution in [2.24, 2.45) is 0 Å². The summed E-state index contributed by atoms with van der Waals surface area (Å²) in [7, 11) is 0. The van der Waals surface area contributed by atoms with E-state index < -0.39 is 23.5 Å². The Morgan fingerprint density at radius 1 is 1.12 bits per heavy atom. The molecule has 0 radical (unpaired) electrons. The Bertz CT molecular complexity index is 1100. The Morgan fingerprint density at radius 3 is 2.59 bits per heavy atom. The molecule has 180 valence electrons. The molecule has 3 heterocycles. The van der Waals surface area contributed by atoms with E-state index in [4.69, 9.17) is 4.74 Å². The molecule has 2 amide bonds. The SMILES string of the molecule is O=C(c1ccc(F)c(C(F)(F)F)c1)N1CCC(=O)N2C[C@H](Oc3cnc(C4CC4)cn3)C[C@@H]2C1. The van der Waals surface area contributed by atoms with E-state index in [-0.39, 0.29) is 43.1 Å². The average Bonchev–Trinajstić information content (AvgIpc) is 3.59. The summed E-state index contributed by atoms with van der Waals surface area (Å²) >= 11 is 0. The lowest BCUT2D eigenvalue weighted by molar-refractivity contribution is -0.140. The highest BCUT2D eigenvalue weighted by atomic mass is 19.4. The molecule has 2 atom stereocenters. The predicted molar refractivity (Wildman–Crippen MR) is 110 cm³/mol. The molecule has 11 heteroatoms. The number of hydrogen-bond acceptors (Lipinski definition) is 5. The Morgan fingerprint density at radius 2 is 1.91 bits per heavy atom. The minimum Gasteiger partial charge on any atom is -0.471 e. The minimum absolute atomic E-state index is 0.0399. The zero-order valence-electron chi connectivity index (χ0n) is 18.1. The fraction of sp³-hybridized carbons (Fsp3) is 0.478. The molecule has 0 spiro atoms. The van der Waals surface area contributed by atoms with Crippen LogP contribution in [0.2, 0.25) is 0 Å². The van der Waals surface area contributed by atoms with E-state index in [1.54, 1.807) is 17.3 Å². The second-order valence-corrected chi connectivity index (χ2v) is 8.92. The van der Waals surface area contributed by atoms with E-state index in [1.807, 2.05) is 0 Å². The maximum atomic E-state index is 13.6. The maximum absolute atomic E-state index is 13.6. The molecule has 1 aromatic heterocycles. The summed E-state index contributed by atoms with van der Waals surface area (Å²) in [4.78, 5) is 37.3. The van der Waals surface area contributed by atoms with Crippen molar-refractivity contribution in [2.75, 3.05) is 19.6 Å². The summed E-state index contributed by atoms with van der Waals surface area (Å²) in [6.45, 7) is 0.546. The number of halogens is 4. The Hall–Kier alpha value is -3.24. The van der Waals surface area contributed by atoms with Crippen molar-refractivity contribution >= 4 is 11.8 Å². The number of nitrogens with zero attached hydrogens (tertiary/aromatic N) is 4. The molecule has 2 aromatic rings. The third kappa shape index (κ3) is 4.55. The van der Waals surface area contributed by atoms with Crippen LogP contribution in [0.3, 0.4) is 0 Å². The molecule has 3 aliphatic rings. The van der Waals surface area contributed by atoms with Crippen LogP contribution >= 0.6 is 0 Å². The molecular weight excluding hydrogens is 456 g/mol. The first-order valence-corrected chi connectivity index (χ1v) is 11.1. The zero-order valence-corrected chi connectivity index (χ0v) is 18.1. The van der Waals surface area contributed by atoms with Gasteiger partial charge >= 0.3 is 6.18 Å². The van der Waals surface area contributed by atoms with Gasteiger partial charge in [0.1, 0.15) is 11.9 Å². The second kappa shape index (κ2) is 8.52. The Kier molecular flexibility index (Phi) is 5.65. The molecule has 0 unspecified atom stereocenters. The summed E-state index contributed by atoms with van der Waals surface area (Å²) in [5, 5.41) is 0. The number of aromatic nitrogens is 2. The quantitative estimate of drug-likeness (QED) is 0.630. The highest BCUT2D eigenvalue weighted by Gasteiger charge is 2.41. The van der Waals surface area contributed by atoms with Crippen molar-refractivity contribution < 1.29 is 31.9 Å². The Labute approximate surface area is 192 Å². The van der Waals surface area contributed by atoms with E-state index >= 15 is 0 Å². The van der Waals surface area contributed by atoms with Crippen molar-refractivity contribution in [3.8, 4) is 5.88 Å². The van der Waals surface area contributed by atoms with Crippen LogP contribution < -0.4 is 4.74 Å². The number of carbonyl (C=O) groups excluding carboxylic acids is 2. The van der Waals surface area contributed by atoms with Crippen LogP contribution in [-0.4, -0.2) is 63.4 Å². The van der Waals surface area contributed by atoms with Gasteiger partial charge in [0.05, 0.1) is 36.2 Å². The average molecular weight is 478 g/mol. The molecule has 5 rings (SSSR count). The first-order valence-electron chi connectivity index (χ1n) is 11.1. The summed E-state index contributed by atoms with van der Waals surface area (Å²) in [6, 6.07) is 1.85. The van der Waals surface area contributed by atoms with Gasteiger partial charge in [-0.1, -0.05) is 0 Å². The highest BCUT2D eigenvalue weighted by Crippen LogP contribution is 2.38. The third-order valence-electron chi connectivity index (χ3n) is 6.46. The van der Waals surface area contributed by atoms with Crippen molar-refractivity contribution in [2.45, 2.75) is 49.9 Å². The van der Waals surface area contributed by atoms with Crippen molar-refractivity contribution in [3.05, 3.63) is 53.2 Å². The summed E-state index contributed by atoms with van der Waals surface area (Å²) in [5.41, 5.74) is -0.827. The topological polar surface area (TPSA) is 75.6 Å². The van der Waals surface area contributed by atoms with Crippen LogP contribution in [0.5, 0.6) is 5.88 Å². The van der Waals surface area contributed by atoms with Gasteiger partial charge < -0.3 is 14.5 Å². The van der Waals surface area contributed by atoms with E-state index in [0.29, 0.717) is 36.9 Å². The number of amides is 2. The minimum atomic E-state index is -4.91. The van der Waals surface area contributed by atoms with Crippen LogP contribution in [0, 0.1) is 5.82 Å². The number of rotatable bonds is 4. The van der Waals surface area contributed by atoms with Gasteiger partial charge in [0.25, 0.3) is 5.91 Å². The number of alkyl halides is 3. The van der Waals surface area contributed by atoms with Gasteiger partial charge in [0, 0.05) is 37.4 Å². The molecule has 0 N–H and O–H groups in total. The summed E-state index contributed by atoms with van der Waals surface area (Å²) < 4.78 is 58.8. The van der Waals surface area contributed by atoms with E-state index in [2.05, 4.69) is 9.97 Å². The molecule has 7 nitrogen and oxygen atoms in total. The molecular formula is C23H22F4N4O3. The van der Waals surface area contributed by atoms with Crippen molar-refractivity contribution in [1.82, 2.24) is 19.8 Å². The van der Waals surface area contributed by atoms with Gasteiger partial charge in [-0.2, -0.15) is 13.2 Å². The van der Waals surface area contributed by atoms with Gasteiger partial charge in [-0.3, -0.25) is 14.6 Å². The smallest absolute Gasteiger partial charge is 0.419 e. The monoisotopic (exact) mass is 478 g/mol. The molecule has 1 aliphatic carbocycles. The molecule has 2 saturated heterocycles. The first kappa shape index (κ1) is 22.5. The van der Waals surface area contributed by atoms with Crippen LogP contribution in [0.15, 0.2) is 30.6 Å². The van der Waals surface area contributed by atoms with Crippen LogP contribution in [0.4, 0.5) is 17.6 Å². The number of hydrogen-bond donors (Lipinski definition) is 0. The second-order valence-electron chi connectivity index (χ2n) is 8.92. The van der Waals surface area contributed by atoms with Gasteiger partial charge in [0.2, 0.25) is 11.8 Å². The summed E-state index contributed by atoms with van der Waals surface area (Å²) in [5.74, 6) is -1.44. The van der Waals surface area contributed by atoms with Crippen molar-refractivity contribution in [1.29, 1.82) is 0 Å². The fourth-order valence-corrected chi connectivity index (χ4v) is 4.55. The molecule has 0 bridgehead atoms. The largest absolute Gasteiger partial charge is 0.471 e. The van der Waals surface area contributed by atoms with E-state index in [1.165, 1.54) is 4.90 Å². The first-order chi connectivity index (χ1) is 16.2. The Balaban J connectivity index is 1.28. The molecule has 3 fully saturated rings. The van der Waals surface area contributed by atoms with Gasteiger partial charge in [0.15, 0.2) is 0 Å². The normalized spacial score (nSPS) is 23.0. The third-order valence-corrected chi connectivity index (χ3v) is 6.46. The molecule has 1 saturated carbocycles. The standard InChI is InChI=1S/C23H22F4N4O3/c24-18-4-3-14(7-17(18)23(25,26)27)22(33)30-6-5-21(32)31-12-16(8-15(31)11-30)34-20-10-28-19(9-29-20)13-1-2-13/h3-4,7,9-10,13,15-16H,1-2,5-6,8,11-12H2/t15-,16-/m1/s1. The predicted octanol–water partition coefficient (Wildman–Crippen LogP) is 3.41. The lowest BCUT2D eigenvalue weighted by Gasteiger charge is -2.25. The van der Waals surface area contributed by atoms with Gasteiger partial charge in [-0.05, 0) is 31.0 Å². The number of carbonyl (C=O) groups is 2. The van der Waals surface area contributed by atoms with E-state index in [0.717, 1.165) is 24.6 Å². The van der Waals surface area contributed by atoms with E-state index in [9.17, 15) is 27.2 Å². The lowest BCUT2D eigenvalue weighted by atomic mass is 10.1. The van der Waals surface area contributed by atoms with Crippen molar-refractivity contribution in [3.63, 3.8) is 0 Å². The lowest BCUT2D eigenvalue weighted by Crippen LogP contribution is -2.40. The number of benzene rings is 1. The van der Waals surface area contributed by atoms with Crippen LogP contribution in [0.25, 0.3) is 0 Å². The van der Waals surface area contributed by atoms with Gasteiger partial charge in [-0.25, -0.2) is 9.37 Å². The zero-order chi connectivity index (χ0) is 24.0. The molecule has 2 aliphatic heterocycles. The molecule has 34 heavy (non-hydrogen) atoms. The van der Waals surface area contributed by atoms with Crippen LogP contribution in [-0.2, 0) is 11.0 Å². The van der Waals surface area contributed by atoms with Crippen LogP contribution in [0.1, 0.15) is 53.2 Å². The maximum Gasteiger partial charge on any atom is 0.419 e. The fourth-order valence-electron chi connectivity index (χ4n) is 4.55.